The Hall–Kier alpha value is -0.160. The topological polar surface area (TPSA) is 48.1 Å². The second-order valence-electron chi connectivity index (χ2n) is 1.69. The molecule has 0 aromatic carbocycles. The van der Waals surface area contributed by atoms with Crippen LogP contribution in [0.25, 0.3) is 0 Å². The van der Waals surface area contributed by atoms with Gasteiger partial charge in [-0.2, -0.15) is 0 Å². The Bertz CT molecular complexity index is 69.7. The molecule has 0 aromatic rings. The Labute approximate surface area is 47.5 Å². The van der Waals surface area contributed by atoms with E-state index < -0.39 is 0 Å². The van der Waals surface area contributed by atoms with Crippen LogP contribution in [0.5, 0.6) is 0 Å². The third-order valence-corrected chi connectivity index (χ3v) is 0.845. The van der Waals surface area contributed by atoms with Crippen LogP contribution in [0.15, 0.2) is 0 Å². The summed E-state index contributed by atoms with van der Waals surface area (Å²) in [7, 11) is 1.31. The van der Waals surface area contributed by atoms with Crippen LogP contribution in [-0.2, 0) is 9.57 Å². The second-order valence-corrected chi connectivity index (χ2v) is 1.69. The van der Waals surface area contributed by atoms with E-state index in [1.54, 1.807) is 0 Å². The fourth-order valence-corrected chi connectivity index (χ4v) is 0.352. The summed E-state index contributed by atoms with van der Waals surface area (Å²) in [6, 6.07) is 0. The van der Waals surface area contributed by atoms with E-state index in [4.69, 9.17) is 4.74 Å². The first-order valence-electron chi connectivity index (χ1n) is 2.44. The van der Waals surface area contributed by atoms with E-state index in [0.29, 0.717) is 11.8 Å². The first kappa shape index (κ1) is 5.97. The van der Waals surface area contributed by atoms with Crippen LogP contribution in [0, 0.1) is 5.21 Å². The maximum Gasteiger partial charge on any atom is 0.106 e. The van der Waals surface area contributed by atoms with Gasteiger partial charge in [0.2, 0.25) is 0 Å². The summed E-state index contributed by atoms with van der Waals surface area (Å²) in [6.45, 7) is 1.12. The van der Waals surface area contributed by atoms with Crippen molar-refractivity contribution in [3.05, 3.63) is 5.21 Å². The smallest absolute Gasteiger partial charge is 0.106 e. The number of ether oxygens (including phenoxy) is 1. The number of nitrogens with zero attached hydrogens (tertiary/aromatic N) is 1. The second kappa shape index (κ2) is 2.41. The van der Waals surface area contributed by atoms with Crippen LogP contribution in [0.1, 0.15) is 0 Å². The summed E-state index contributed by atoms with van der Waals surface area (Å²) in [6.07, 6.45) is 0.173. The van der Waals surface area contributed by atoms with Crippen LogP contribution in [0.3, 0.4) is 0 Å². The Morgan fingerprint density at radius 3 is 3.00 bits per heavy atom. The molecule has 0 N–H and O–H groups in total. The molecule has 1 aliphatic rings. The molecule has 4 heteroatoms. The van der Waals surface area contributed by atoms with Crippen LogP contribution in [-0.4, -0.2) is 31.6 Å². The van der Waals surface area contributed by atoms with Gasteiger partial charge in [-0.25, -0.2) is 0 Å². The Morgan fingerprint density at radius 1 is 2.00 bits per heavy atom. The molecule has 1 heterocycles. The van der Waals surface area contributed by atoms with Gasteiger partial charge in [0.15, 0.2) is 0 Å². The van der Waals surface area contributed by atoms with E-state index in [0.717, 1.165) is 6.61 Å². The maximum atomic E-state index is 10.0. The van der Waals surface area contributed by atoms with E-state index in [-0.39, 0.29) is 6.10 Å². The molecular weight excluding hydrogens is 110 g/mol. The van der Waals surface area contributed by atoms with Gasteiger partial charge in [-0.15, -0.1) is 0 Å². The highest BCUT2D eigenvalue weighted by Crippen LogP contribution is 2.08. The molecule has 0 aromatic heterocycles. The van der Waals surface area contributed by atoms with Crippen LogP contribution >= 0.6 is 0 Å². The van der Waals surface area contributed by atoms with Gasteiger partial charge in [0.1, 0.15) is 6.10 Å². The summed E-state index contributed by atoms with van der Waals surface area (Å²) < 4.78 is 4.77. The van der Waals surface area contributed by atoms with E-state index >= 15 is 0 Å². The van der Waals surface area contributed by atoms with Gasteiger partial charge in [0.05, 0.1) is 13.2 Å². The highest BCUT2D eigenvalue weighted by atomic mass is 16.9. The van der Waals surface area contributed by atoms with Gasteiger partial charge < -0.3 is 14.8 Å². The molecule has 1 saturated heterocycles. The van der Waals surface area contributed by atoms with Crippen molar-refractivity contribution < 1.29 is 9.57 Å². The molecule has 0 spiro atoms. The first-order chi connectivity index (χ1) is 3.79. The van der Waals surface area contributed by atoms with E-state index in [9.17, 15) is 5.21 Å². The monoisotopic (exact) mass is 118 g/mol. The van der Waals surface area contributed by atoms with Gasteiger partial charge in [-0.05, 0) is 7.05 Å². The number of hydrogen-bond donors (Lipinski definition) is 0. The fraction of sp³-hybridized carbons (Fsp3) is 1.00. The lowest BCUT2D eigenvalue weighted by Gasteiger charge is -2.19. The standard InChI is InChI=1S/C4H8NO3/c1-5(6)8-3-4-2-7-4/h4H,2-3H2,1H3/q-1. The molecule has 1 fully saturated rings. The molecule has 1 atom stereocenters. The van der Waals surface area contributed by atoms with Gasteiger partial charge in [-0.1, -0.05) is 0 Å². The predicted octanol–water partition coefficient (Wildman–Crippen LogP) is -0.254. The quantitative estimate of drug-likeness (QED) is 0.378. The molecule has 1 rings (SSSR count). The lowest BCUT2D eigenvalue weighted by molar-refractivity contribution is -0.104. The van der Waals surface area contributed by atoms with Crippen molar-refractivity contribution >= 4 is 0 Å². The molecule has 0 amide bonds. The van der Waals surface area contributed by atoms with Crippen molar-refractivity contribution in [3.63, 3.8) is 0 Å². The molecule has 48 valence electrons. The number of rotatable bonds is 3. The van der Waals surface area contributed by atoms with Crippen molar-refractivity contribution in [2.24, 2.45) is 0 Å². The van der Waals surface area contributed by atoms with Crippen molar-refractivity contribution in [2.75, 3.05) is 20.3 Å². The summed E-state index contributed by atoms with van der Waals surface area (Å²) in [5.41, 5.74) is 0. The molecule has 0 saturated carbocycles. The summed E-state index contributed by atoms with van der Waals surface area (Å²) in [5.74, 6) is 0. The van der Waals surface area contributed by atoms with Crippen molar-refractivity contribution in [1.82, 2.24) is 5.23 Å². The maximum absolute atomic E-state index is 10.0. The molecule has 1 unspecified atom stereocenters. The molecule has 0 bridgehead atoms. The third-order valence-electron chi connectivity index (χ3n) is 0.845. The highest BCUT2D eigenvalue weighted by Gasteiger charge is 2.22. The average Bonchev–Trinajstić information content (AvgIpc) is 2.41. The molecule has 4 nitrogen and oxygen atoms in total. The van der Waals surface area contributed by atoms with Gasteiger partial charge in [0, 0.05) is 0 Å². The number of epoxide rings is 1. The molecular formula is C4H8NO3-. The largest absolute Gasteiger partial charge is 0.762 e. The van der Waals surface area contributed by atoms with E-state index in [2.05, 4.69) is 4.84 Å². The minimum Gasteiger partial charge on any atom is -0.762 e. The third kappa shape index (κ3) is 2.23. The number of hydrogen-bond acceptors (Lipinski definition) is 4. The predicted molar refractivity (Wildman–Crippen MR) is 26.8 cm³/mol. The van der Waals surface area contributed by atoms with Gasteiger partial charge in [0.25, 0.3) is 0 Å². The Balaban J connectivity index is 1.87. The lowest BCUT2D eigenvalue weighted by Crippen LogP contribution is -2.14. The van der Waals surface area contributed by atoms with Gasteiger partial charge in [-0.3, -0.25) is 5.23 Å². The summed E-state index contributed by atoms with van der Waals surface area (Å²) in [4.78, 5) is 4.52. The number of hydroxylamine groups is 2. The highest BCUT2D eigenvalue weighted by molar-refractivity contribution is 4.66. The van der Waals surface area contributed by atoms with Crippen LogP contribution in [0.4, 0.5) is 0 Å². The summed E-state index contributed by atoms with van der Waals surface area (Å²) in [5, 5.41) is 10.4. The normalized spacial score (nSPS) is 26.6. The Kier molecular flexibility index (Phi) is 1.80. The minimum absolute atomic E-state index is 0.173. The zero-order chi connectivity index (χ0) is 5.98. The van der Waals surface area contributed by atoms with E-state index in [1.807, 2.05) is 0 Å². The SMILES string of the molecule is CN([O-])OCC1CO1. The van der Waals surface area contributed by atoms with Crippen molar-refractivity contribution in [2.45, 2.75) is 6.10 Å². The zero-order valence-corrected chi connectivity index (χ0v) is 4.66. The fourth-order valence-electron chi connectivity index (χ4n) is 0.352. The van der Waals surface area contributed by atoms with Crippen molar-refractivity contribution in [1.29, 1.82) is 0 Å². The average molecular weight is 118 g/mol. The molecule has 1 aliphatic heterocycles. The summed E-state index contributed by atoms with van der Waals surface area (Å²) >= 11 is 0. The minimum atomic E-state index is 0.173. The molecule has 8 heavy (non-hydrogen) atoms. The molecule has 0 radical (unpaired) electrons. The first-order valence-corrected chi connectivity index (χ1v) is 2.44. The van der Waals surface area contributed by atoms with Gasteiger partial charge >= 0.3 is 0 Å². The zero-order valence-electron chi connectivity index (χ0n) is 4.66. The van der Waals surface area contributed by atoms with Crippen molar-refractivity contribution in [3.8, 4) is 0 Å². The molecule has 0 aliphatic carbocycles. The lowest BCUT2D eigenvalue weighted by atomic mass is 10.5. The van der Waals surface area contributed by atoms with Crippen LogP contribution in [0.2, 0.25) is 0 Å². The Morgan fingerprint density at radius 2 is 2.62 bits per heavy atom. The van der Waals surface area contributed by atoms with E-state index in [1.165, 1.54) is 7.05 Å². The van der Waals surface area contributed by atoms with Crippen LogP contribution < -0.4 is 0 Å².